The molecule has 7 heteroatoms. The molecule has 3 aromatic rings. The Morgan fingerprint density at radius 1 is 1.00 bits per heavy atom. The standard InChI is InChI=1S/C21H20ClN3O3/c1-14-11-19(15(2)25(14)17-8-4-3-5-9-17)21(27)24-23-20(26)13-28-18-10-6-7-16(22)12-18/h3-12H,13H2,1-2H3,(H,23,26)(H,24,27). The van der Waals surface area contributed by atoms with Crippen LogP contribution in [0.15, 0.2) is 60.7 Å². The molecule has 2 amide bonds. The van der Waals surface area contributed by atoms with Crippen LogP contribution < -0.4 is 15.6 Å². The lowest BCUT2D eigenvalue weighted by Crippen LogP contribution is -2.44. The number of halogens is 1. The summed E-state index contributed by atoms with van der Waals surface area (Å²) in [5.41, 5.74) is 7.93. The largest absolute Gasteiger partial charge is 0.484 e. The molecule has 0 aliphatic rings. The second kappa shape index (κ2) is 8.63. The summed E-state index contributed by atoms with van der Waals surface area (Å²) in [6.07, 6.45) is 0. The molecule has 144 valence electrons. The van der Waals surface area contributed by atoms with Gasteiger partial charge < -0.3 is 9.30 Å². The molecule has 1 aromatic heterocycles. The van der Waals surface area contributed by atoms with E-state index in [4.69, 9.17) is 16.3 Å². The van der Waals surface area contributed by atoms with Gasteiger partial charge in [-0.15, -0.1) is 0 Å². The van der Waals surface area contributed by atoms with Crippen LogP contribution in [-0.4, -0.2) is 23.0 Å². The van der Waals surface area contributed by atoms with Gasteiger partial charge in [0.15, 0.2) is 6.61 Å². The predicted molar refractivity (Wildman–Crippen MR) is 108 cm³/mol. The third-order valence-corrected chi connectivity index (χ3v) is 4.41. The van der Waals surface area contributed by atoms with Gasteiger partial charge in [0.1, 0.15) is 5.75 Å². The fourth-order valence-corrected chi connectivity index (χ4v) is 3.08. The molecule has 0 saturated carbocycles. The predicted octanol–water partition coefficient (Wildman–Crippen LogP) is 3.59. The Morgan fingerprint density at radius 3 is 2.46 bits per heavy atom. The van der Waals surface area contributed by atoms with Crippen LogP contribution >= 0.6 is 11.6 Å². The van der Waals surface area contributed by atoms with Crippen LogP contribution in [0, 0.1) is 13.8 Å². The van der Waals surface area contributed by atoms with Crippen molar-refractivity contribution in [2.75, 3.05) is 6.61 Å². The van der Waals surface area contributed by atoms with Crippen LogP contribution in [0.25, 0.3) is 5.69 Å². The molecule has 0 saturated heterocycles. The van der Waals surface area contributed by atoms with Crippen molar-refractivity contribution in [3.8, 4) is 11.4 Å². The van der Waals surface area contributed by atoms with E-state index in [2.05, 4.69) is 10.9 Å². The average molecular weight is 398 g/mol. The molecule has 28 heavy (non-hydrogen) atoms. The van der Waals surface area contributed by atoms with Crippen LogP contribution in [0.5, 0.6) is 5.75 Å². The summed E-state index contributed by atoms with van der Waals surface area (Å²) < 4.78 is 7.32. The molecule has 0 spiro atoms. The summed E-state index contributed by atoms with van der Waals surface area (Å²) in [5.74, 6) is -0.406. The fraction of sp³-hybridized carbons (Fsp3) is 0.143. The fourth-order valence-electron chi connectivity index (χ4n) is 2.90. The number of amides is 2. The van der Waals surface area contributed by atoms with Gasteiger partial charge in [0.25, 0.3) is 11.8 Å². The van der Waals surface area contributed by atoms with E-state index in [0.717, 1.165) is 17.1 Å². The zero-order valence-electron chi connectivity index (χ0n) is 15.5. The molecule has 2 N–H and O–H groups in total. The molecule has 0 aliphatic carbocycles. The van der Waals surface area contributed by atoms with Gasteiger partial charge in [-0.05, 0) is 50.2 Å². The molecule has 0 radical (unpaired) electrons. The normalized spacial score (nSPS) is 10.4. The van der Waals surface area contributed by atoms with Gasteiger partial charge in [-0.1, -0.05) is 35.9 Å². The van der Waals surface area contributed by atoms with E-state index in [-0.39, 0.29) is 6.61 Å². The van der Waals surface area contributed by atoms with Crippen molar-refractivity contribution in [3.05, 3.63) is 82.6 Å². The first-order valence-corrected chi connectivity index (χ1v) is 9.05. The smallest absolute Gasteiger partial charge is 0.276 e. The Kier molecular flexibility index (Phi) is 6.01. The summed E-state index contributed by atoms with van der Waals surface area (Å²) >= 11 is 5.86. The highest BCUT2D eigenvalue weighted by molar-refractivity contribution is 6.30. The second-order valence-corrected chi connectivity index (χ2v) is 6.64. The second-order valence-electron chi connectivity index (χ2n) is 6.20. The van der Waals surface area contributed by atoms with E-state index < -0.39 is 11.8 Å². The van der Waals surface area contributed by atoms with E-state index in [1.54, 1.807) is 30.3 Å². The molecular formula is C21H20ClN3O3. The minimum absolute atomic E-state index is 0.246. The topological polar surface area (TPSA) is 72.4 Å². The number of nitrogens with one attached hydrogen (secondary N) is 2. The van der Waals surface area contributed by atoms with Crippen molar-refractivity contribution in [3.63, 3.8) is 0 Å². The zero-order chi connectivity index (χ0) is 20.1. The molecule has 0 aliphatic heterocycles. The van der Waals surface area contributed by atoms with Crippen LogP contribution in [0.1, 0.15) is 21.7 Å². The molecule has 0 fully saturated rings. The van der Waals surface area contributed by atoms with Crippen molar-refractivity contribution in [1.82, 2.24) is 15.4 Å². The van der Waals surface area contributed by atoms with E-state index in [0.29, 0.717) is 16.3 Å². The van der Waals surface area contributed by atoms with Crippen molar-refractivity contribution in [2.24, 2.45) is 0 Å². The quantitative estimate of drug-likeness (QED) is 0.646. The van der Waals surface area contributed by atoms with Crippen molar-refractivity contribution < 1.29 is 14.3 Å². The summed E-state index contributed by atoms with van der Waals surface area (Å²) in [6, 6.07) is 18.3. The van der Waals surface area contributed by atoms with E-state index >= 15 is 0 Å². The Morgan fingerprint density at radius 2 is 1.75 bits per heavy atom. The number of hydrogen-bond acceptors (Lipinski definition) is 3. The molecule has 2 aromatic carbocycles. The number of carbonyl (C=O) groups excluding carboxylic acids is 2. The molecule has 1 heterocycles. The van der Waals surface area contributed by atoms with Gasteiger partial charge >= 0.3 is 0 Å². The molecule has 0 atom stereocenters. The Balaban J connectivity index is 1.60. The maximum Gasteiger partial charge on any atom is 0.276 e. The van der Waals surface area contributed by atoms with Crippen molar-refractivity contribution in [2.45, 2.75) is 13.8 Å². The number of para-hydroxylation sites is 1. The zero-order valence-corrected chi connectivity index (χ0v) is 16.3. The third-order valence-electron chi connectivity index (χ3n) is 4.17. The average Bonchev–Trinajstić information content (AvgIpc) is 2.99. The number of benzene rings is 2. The van der Waals surface area contributed by atoms with Crippen LogP contribution in [-0.2, 0) is 4.79 Å². The summed E-state index contributed by atoms with van der Waals surface area (Å²) in [4.78, 5) is 24.4. The van der Waals surface area contributed by atoms with Crippen molar-refractivity contribution >= 4 is 23.4 Å². The van der Waals surface area contributed by atoms with Crippen LogP contribution in [0.4, 0.5) is 0 Å². The van der Waals surface area contributed by atoms with E-state index in [1.165, 1.54) is 0 Å². The molecule has 3 rings (SSSR count). The highest BCUT2D eigenvalue weighted by Gasteiger charge is 2.17. The van der Waals surface area contributed by atoms with Gasteiger partial charge in [0.2, 0.25) is 0 Å². The Hall–Kier alpha value is -3.25. The minimum Gasteiger partial charge on any atom is -0.484 e. The number of aromatic nitrogens is 1. The highest BCUT2D eigenvalue weighted by atomic mass is 35.5. The van der Waals surface area contributed by atoms with Crippen molar-refractivity contribution in [1.29, 1.82) is 0 Å². The third kappa shape index (κ3) is 4.53. The lowest BCUT2D eigenvalue weighted by atomic mass is 10.2. The summed E-state index contributed by atoms with van der Waals surface area (Å²) in [5, 5.41) is 0.514. The lowest BCUT2D eigenvalue weighted by molar-refractivity contribution is -0.123. The number of ether oxygens (including phenoxy) is 1. The first kappa shape index (κ1) is 19.5. The van der Waals surface area contributed by atoms with Crippen LogP contribution in [0.2, 0.25) is 5.02 Å². The van der Waals surface area contributed by atoms with Gasteiger partial charge in [0.05, 0.1) is 5.56 Å². The summed E-state index contributed by atoms with van der Waals surface area (Å²) in [7, 11) is 0. The number of rotatable bonds is 5. The van der Waals surface area contributed by atoms with E-state index in [1.807, 2.05) is 48.7 Å². The molecule has 6 nitrogen and oxygen atoms in total. The maximum atomic E-state index is 12.5. The van der Waals surface area contributed by atoms with Gasteiger partial charge in [-0.3, -0.25) is 20.4 Å². The Bertz CT molecular complexity index is 999. The SMILES string of the molecule is Cc1cc(C(=O)NNC(=O)COc2cccc(Cl)c2)c(C)n1-c1ccccc1. The van der Waals surface area contributed by atoms with Gasteiger partial charge in [-0.25, -0.2) is 0 Å². The number of aryl methyl sites for hydroxylation is 1. The molecule has 0 unspecified atom stereocenters. The minimum atomic E-state index is -0.481. The number of carbonyl (C=O) groups is 2. The first-order chi connectivity index (χ1) is 13.5. The van der Waals surface area contributed by atoms with Gasteiger partial charge in [0, 0.05) is 22.1 Å². The summed E-state index contributed by atoms with van der Waals surface area (Å²) in [6.45, 7) is 3.54. The molecular weight excluding hydrogens is 378 g/mol. The first-order valence-electron chi connectivity index (χ1n) is 8.67. The maximum absolute atomic E-state index is 12.5. The monoisotopic (exact) mass is 397 g/mol. The number of hydrazine groups is 1. The van der Waals surface area contributed by atoms with Crippen LogP contribution in [0.3, 0.4) is 0 Å². The number of nitrogens with zero attached hydrogens (tertiary/aromatic N) is 1. The Labute approximate surface area is 168 Å². The highest BCUT2D eigenvalue weighted by Crippen LogP contribution is 2.20. The lowest BCUT2D eigenvalue weighted by Gasteiger charge is -2.11. The van der Waals surface area contributed by atoms with Gasteiger partial charge in [-0.2, -0.15) is 0 Å². The van der Waals surface area contributed by atoms with E-state index in [9.17, 15) is 9.59 Å². The molecule has 0 bridgehead atoms. The number of hydrogen-bond donors (Lipinski definition) is 2.